The van der Waals surface area contributed by atoms with Crippen molar-refractivity contribution in [2.45, 2.75) is 38.6 Å². The Hall–Kier alpha value is -2.14. The van der Waals surface area contributed by atoms with Crippen LogP contribution in [0.5, 0.6) is 0 Å². The molecule has 3 rings (SSSR count). The first-order valence-corrected chi connectivity index (χ1v) is 8.48. The molecule has 0 bridgehead atoms. The molecule has 1 fully saturated rings. The Bertz CT molecular complexity index is 733. The molecule has 6 heteroatoms. The zero-order chi connectivity index (χ0) is 17.1. The molecule has 1 aliphatic rings. The first kappa shape index (κ1) is 16.7. The molecule has 0 spiro atoms. The van der Waals surface area contributed by atoms with Crippen molar-refractivity contribution in [3.05, 3.63) is 52.6 Å². The summed E-state index contributed by atoms with van der Waals surface area (Å²) in [4.78, 5) is 16.7. The summed E-state index contributed by atoms with van der Waals surface area (Å²) in [5, 5.41) is 7.63. The summed E-state index contributed by atoms with van der Waals surface area (Å²) in [5.41, 5.74) is 0.907. The van der Waals surface area contributed by atoms with Gasteiger partial charge in [-0.1, -0.05) is 42.7 Å². The Kier molecular flexibility index (Phi) is 5.00. The van der Waals surface area contributed by atoms with Crippen LogP contribution in [0.15, 0.2) is 34.9 Å². The number of nitrogens with one attached hydrogen (secondary N) is 1. The zero-order valence-electron chi connectivity index (χ0n) is 13.7. The van der Waals surface area contributed by atoms with E-state index in [-0.39, 0.29) is 17.9 Å². The molecule has 1 amide bonds. The van der Waals surface area contributed by atoms with Crippen LogP contribution in [0.2, 0.25) is 5.02 Å². The molecule has 2 aromatic rings. The second-order valence-corrected chi connectivity index (χ2v) is 6.82. The highest BCUT2D eigenvalue weighted by Gasteiger charge is 2.31. The van der Waals surface area contributed by atoms with Crippen LogP contribution < -0.4 is 5.32 Å². The fourth-order valence-corrected chi connectivity index (χ4v) is 2.47. The molecule has 1 aromatic heterocycles. The fraction of sp³-hybridized carbons (Fsp3) is 0.389. The van der Waals surface area contributed by atoms with Gasteiger partial charge in [0.1, 0.15) is 6.04 Å². The van der Waals surface area contributed by atoms with Crippen LogP contribution in [-0.4, -0.2) is 16.0 Å². The van der Waals surface area contributed by atoms with Crippen molar-refractivity contribution in [2.24, 2.45) is 5.92 Å². The number of benzene rings is 1. The third-order valence-electron chi connectivity index (χ3n) is 3.93. The van der Waals surface area contributed by atoms with E-state index in [4.69, 9.17) is 16.1 Å². The monoisotopic (exact) mass is 345 g/mol. The van der Waals surface area contributed by atoms with Gasteiger partial charge >= 0.3 is 0 Å². The van der Waals surface area contributed by atoms with Crippen LogP contribution in [0, 0.1) is 5.92 Å². The SMILES string of the molecule is CC(C)C(NC(=O)C=Cc1ccc(Cl)cc1)c1nc(C2CC2)no1. The van der Waals surface area contributed by atoms with Gasteiger partial charge in [-0.15, -0.1) is 0 Å². The van der Waals surface area contributed by atoms with Gasteiger partial charge in [0.2, 0.25) is 11.8 Å². The molecular formula is C18H20ClN3O2. The fourth-order valence-electron chi connectivity index (χ4n) is 2.34. The molecule has 126 valence electrons. The summed E-state index contributed by atoms with van der Waals surface area (Å²) < 4.78 is 5.35. The van der Waals surface area contributed by atoms with E-state index in [1.165, 1.54) is 6.08 Å². The lowest BCUT2D eigenvalue weighted by atomic mass is 10.0. The normalized spacial score (nSPS) is 15.8. The van der Waals surface area contributed by atoms with Crippen molar-refractivity contribution >= 4 is 23.6 Å². The van der Waals surface area contributed by atoms with Crippen molar-refractivity contribution in [2.75, 3.05) is 0 Å². The Morgan fingerprint density at radius 2 is 2.04 bits per heavy atom. The lowest BCUT2D eigenvalue weighted by molar-refractivity contribution is -0.117. The second-order valence-electron chi connectivity index (χ2n) is 6.38. The highest BCUT2D eigenvalue weighted by molar-refractivity contribution is 6.30. The van der Waals surface area contributed by atoms with Gasteiger partial charge in [-0.2, -0.15) is 4.98 Å². The molecular weight excluding hydrogens is 326 g/mol. The standard InChI is InChI=1S/C18H20ClN3O2/c1-11(2)16(18-21-17(22-24-18)13-6-7-13)20-15(23)10-5-12-3-8-14(19)9-4-12/h3-5,8-11,13,16H,6-7H2,1-2H3,(H,20,23). The van der Waals surface area contributed by atoms with E-state index < -0.39 is 0 Å². The largest absolute Gasteiger partial charge is 0.340 e. The number of carbonyl (C=O) groups is 1. The summed E-state index contributed by atoms with van der Waals surface area (Å²) in [6, 6.07) is 6.98. The van der Waals surface area contributed by atoms with E-state index in [9.17, 15) is 4.79 Å². The first-order valence-electron chi connectivity index (χ1n) is 8.10. The maximum Gasteiger partial charge on any atom is 0.249 e. The smallest absolute Gasteiger partial charge is 0.249 e. The minimum Gasteiger partial charge on any atom is -0.340 e. The highest BCUT2D eigenvalue weighted by atomic mass is 35.5. The van der Waals surface area contributed by atoms with Gasteiger partial charge < -0.3 is 9.84 Å². The molecule has 1 aromatic carbocycles. The average molecular weight is 346 g/mol. The second kappa shape index (κ2) is 7.18. The van der Waals surface area contributed by atoms with Crippen LogP contribution in [0.25, 0.3) is 6.08 Å². The van der Waals surface area contributed by atoms with Gasteiger partial charge in [-0.3, -0.25) is 4.79 Å². The first-order chi connectivity index (χ1) is 11.5. The predicted molar refractivity (Wildman–Crippen MR) is 92.5 cm³/mol. The van der Waals surface area contributed by atoms with Crippen molar-refractivity contribution in [3.8, 4) is 0 Å². The molecule has 1 N–H and O–H groups in total. The van der Waals surface area contributed by atoms with E-state index in [1.54, 1.807) is 18.2 Å². The van der Waals surface area contributed by atoms with Gasteiger partial charge in [0.15, 0.2) is 5.82 Å². The lowest BCUT2D eigenvalue weighted by Crippen LogP contribution is -2.30. The minimum absolute atomic E-state index is 0.144. The Balaban J connectivity index is 1.65. The van der Waals surface area contributed by atoms with Crippen molar-refractivity contribution in [3.63, 3.8) is 0 Å². The maximum absolute atomic E-state index is 12.2. The molecule has 1 unspecified atom stereocenters. The molecule has 0 saturated heterocycles. The third kappa shape index (κ3) is 4.23. The van der Waals surface area contributed by atoms with Gasteiger partial charge in [0.25, 0.3) is 0 Å². The van der Waals surface area contributed by atoms with Crippen molar-refractivity contribution < 1.29 is 9.32 Å². The summed E-state index contributed by atoms with van der Waals surface area (Å²) in [6.07, 6.45) is 5.46. The van der Waals surface area contributed by atoms with Crippen molar-refractivity contribution in [1.82, 2.24) is 15.5 Å². The number of hydrogen-bond donors (Lipinski definition) is 1. The predicted octanol–water partition coefficient (Wildman–Crippen LogP) is 4.13. The van der Waals surface area contributed by atoms with Crippen LogP contribution in [0.1, 0.15) is 55.9 Å². The summed E-state index contributed by atoms with van der Waals surface area (Å²) in [6.45, 7) is 4.02. The topological polar surface area (TPSA) is 68.0 Å². The van der Waals surface area contributed by atoms with Crippen LogP contribution in [-0.2, 0) is 4.79 Å². The molecule has 1 saturated carbocycles. The van der Waals surface area contributed by atoms with Crippen molar-refractivity contribution in [1.29, 1.82) is 0 Å². The Morgan fingerprint density at radius 1 is 1.33 bits per heavy atom. The minimum atomic E-state index is -0.299. The number of hydrogen-bond acceptors (Lipinski definition) is 4. The molecule has 1 heterocycles. The summed E-state index contributed by atoms with van der Waals surface area (Å²) in [7, 11) is 0. The highest BCUT2D eigenvalue weighted by Crippen LogP contribution is 2.38. The number of amides is 1. The van der Waals surface area contributed by atoms with Crippen LogP contribution >= 0.6 is 11.6 Å². The number of aromatic nitrogens is 2. The number of nitrogens with zero attached hydrogens (tertiary/aromatic N) is 2. The zero-order valence-corrected chi connectivity index (χ0v) is 14.5. The van der Waals surface area contributed by atoms with E-state index in [0.717, 1.165) is 24.2 Å². The summed E-state index contributed by atoms with van der Waals surface area (Å²) >= 11 is 5.85. The van der Waals surface area contributed by atoms with E-state index in [2.05, 4.69) is 15.5 Å². The average Bonchev–Trinajstić information content (AvgIpc) is 3.30. The number of rotatable bonds is 6. The van der Waals surface area contributed by atoms with E-state index >= 15 is 0 Å². The molecule has 1 atom stereocenters. The van der Waals surface area contributed by atoms with Gasteiger partial charge in [-0.05, 0) is 42.5 Å². The molecule has 1 aliphatic carbocycles. The van der Waals surface area contributed by atoms with Gasteiger partial charge in [0.05, 0.1) is 0 Å². The van der Waals surface area contributed by atoms with Crippen LogP contribution in [0.4, 0.5) is 0 Å². The quantitative estimate of drug-likeness (QED) is 0.799. The van der Waals surface area contributed by atoms with Gasteiger partial charge in [0, 0.05) is 17.0 Å². The molecule has 0 aliphatic heterocycles. The lowest BCUT2D eigenvalue weighted by Gasteiger charge is -2.17. The van der Waals surface area contributed by atoms with E-state index in [0.29, 0.717) is 16.8 Å². The van der Waals surface area contributed by atoms with E-state index in [1.807, 2.05) is 26.0 Å². The molecule has 5 nitrogen and oxygen atoms in total. The number of carbonyl (C=O) groups excluding carboxylic acids is 1. The van der Waals surface area contributed by atoms with Gasteiger partial charge in [-0.25, -0.2) is 0 Å². The Morgan fingerprint density at radius 3 is 2.67 bits per heavy atom. The maximum atomic E-state index is 12.2. The summed E-state index contributed by atoms with van der Waals surface area (Å²) in [5.74, 6) is 1.60. The molecule has 24 heavy (non-hydrogen) atoms. The third-order valence-corrected chi connectivity index (χ3v) is 4.18. The Labute approximate surface area is 146 Å². The number of halogens is 1. The molecule has 0 radical (unpaired) electrons. The van der Waals surface area contributed by atoms with Crippen LogP contribution in [0.3, 0.4) is 0 Å².